The van der Waals surface area contributed by atoms with Gasteiger partial charge in [0.2, 0.25) is 0 Å². The molecule has 0 heterocycles. The summed E-state index contributed by atoms with van der Waals surface area (Å²) < 4.78 is 15.2. The van der Waals surface area contributed by atoms with Crippen molar-refractivity contribution >= 4 is 10.8 Å². The summed E-state index contributed by atoms with van der Waals surface area (Å²) in [4.78, 5) is 0. The van der Waals surface area contributed by atoms with E-state index >= 15 is 4.39 Å². The molecule has 0 spiro atoms. The first kappa shape index (κ1) is 24.5. The molecule has 176 valence electrons. The lowest BCUT2D eigenvalue weighted by Crippen LogP contribution is -1.96. The second-order valence-electron chi connectivity index (χ2n) is 9.17. The molecule has 0 amide bonds. The highest BCUT2D eigenvalue weighted by Crippen LogP contribution is 2.24. The summed E-state index contributed by atoms with van der Waals surface area (Å²) in [5.74, 6) is 6.36. The van der Waals surface area contributed by atoms with Crippen molar-refractivity contribution in [2.24, 2.45) is 0 Å². The lowest BCUT2D eigenvalue weighted by atomic mass is 9.98. The minimum Gasteiger partial charge on any atom is -0.206 e. The lowest BCUT2D eigenvalue weighted by Gasteiger charge is -2.08. The third-order valence-corrected chi connectivity index (χ3v) is 6.50. The van der Waals surface area contributed by atoms with Crippen molar-refractivity contribution in [2.45, 2.75) is 51.9 Å². The molecule has 0 bridgehead atoms. The molecule has 4 aromatic carbocycles. The number of allylic oxidation sites excluding steroid dienone is 1. The van der Waals surface area contributed by atoms with Gasteiger partial charge < -0.3 is 0 Å². The Morgan fingerprint density at radius 3 is 2.06 bits per heavy atom. The molecule has 0 aliphatic rings. The first-order chi connectivity index (χ1) is 17.2. The third-order valence-electron chi connectivity index (χ3n) is 6.50. The molecule has 0 N–H and O–H groups in total. The molecule has 4 aromatic rings. The van der Waals surface area contributed by atoms with Crippen LogP contribution in [0.4, 0.5) is 4.39 Å². The van der Waals surface area contributed by atoms with Crippen LogP contribution in [0.3, 0.4) is 0 Å². The molecule has 0 saturated carbocycles. The van der Waals surface area contributed by atoms with Crippen LogP contribution in [0.1, 0.15) is 59.6 Å². The number of rotatable bonds is 9. The van der Waals surface area contributed by atoms with E-state index in [1.54, 1.807) is 0 Å². The number of fused-ring (bicyclic) bond motifs is 1. The van der Waals surface area contributed by atoms with Gasteiger partial charge in [-0.3, -0.25) is 0 Å². The van der Waals surface area contributed by atoms with E-state index in [1.165, 1.54) is 29.5 Å². The third kappa shape index (κ3) is 6.71. The zero-order chi connectivity index (χ0) is 24.5. The van der Waals surface area contributed by atoms with Gasteiger partial charge in [0, 0.05) is 16.5 Å². The van der Waals surface area contributed by atoms with Crippen LogP contribution in [0.2, 0.25) is 0 Å². The molecule has 0 radical (unpaired) electrons. The van der Waals surface area contributed by atoms with Crippen molar-refractivity contribution in [1.29, 1.82) is 0 Å². The fraction of sp³-hybridized carbons (Fsp3) is 0.235. The van der Waals surface area contributed by atoms with Gasteiger partial charge in [0.1, 0.15) is 5.82 Å². The van der Waals surface area contributed by atoms with Gasteiger partial charge in [0.15, 0.2) is 0 Å². The first-order valence-corrected chi connectivity index (χ1v) is 12.7. The monoisotopic (exact) mass is 460 g/mol. The first-order valence-electron chi connectivity index (χ1n) is 12.7. The van der Waals surface area contributed by atoms with Crippen LogP contribution < -0.4 is 0 Å². The van der Waals surface area contributed by atoms with Gasteiger partial charge in [-0.2, -0.15) is 0 Å². The summed E-state index contributed by atoms with van der Waals surface area (Å²) in [6, 6.07) is 26.8. The standard InChI is InChI=1S/C34H33F/c1-3-5-7-26-9-13-28(14-10-26)17-18-30-20-24-33-32(25-30)23-22-31(34(33)35)21-19-29-15-11-27(12-16-29)8-6-4-2/h4,9-16,20,22-25H,2-3,5-8,19,21H2,1H3. The molecular weight excluding hydrogens is 427 g/mol. The van der Waals surface area contributed by atoms with Crippen LogP contribution >= 0.6 is 0 Å². The fourth-order valence-corrected chi connectivity index (χ4v) is 4.31. The van der Waals surface area contributed by atoms with Gasteiger partial charge in [-0.1, -0.05) is 85.9 Å². The summed E-state index contributed by atoms with van der Waals surface area (Å²) in [6.45, 7) is 5.99. The maximum Gasteiger partial charge on any atom is 0.134 e. The second kappa shape index (κ2) is 12.2. The summed E-state index contributed by atoms with van der Waals surface area (Å²) >= 11 is 0. The predicted molar refractivity (Wildman–Crippen MR) is 147 cm³/mol. The predicted octanol–water partition coefficient (Wildman–Crippen LogP) is 8.63. The van der Waals surface area contributed by atoms with Crippen LogP contribution in [-0.4, -0.2) is 0 Å². The summed E-state index contributed by atoms with van der Waals surface area (Å²) in [5.41, 5.74) is 6.56. The number of hydrogen-bond acceptors (Lipinski definition) is 0. The van der Waals surface area contributed by atoms with Crippen molar-refractivity contribution in [2.75, 3.05) is 0 Å². The Morgan fingerprint density at radius 1 is 0.714 bits per heavy atom. The highest BCUT2D eigenvalue weighted by Gasteiger charge is 2.08. The molecule has 0 aliphatic heterocycles. The lowest BCUT2D eigenvalue weighted by molar-refractivity contribution is 0.620. The van der Waals surface area contributed by atoms with E-state index < -0.39 is 0 Å². The zero-order valence-corrected chi connectivity index (χ0v) is 20.6. The molecule has 0 nitrogen and oxygen atoms in total. The van der Waals surface area contributed by atoms with Crippen molar-refractivity contribution in [1.82, 2.24) is 0 Å². The van der Waals surface area contributed by atoms with Gasteiger partial charge in [-0.15, -0.1) is 6.58 Å². The smallest absolute Gasteiger partial charge is 0.134 e. The maximum atomic E-state index is 15.2. The molecule has 35 heavy (non-hydrogen) atoms. The highest BCUT2D eigenvalue weighted by molar-refractivity contribution is 5.85. The average molecular weight is 461 g/mol. The van der Waals surface area contributed by atoms with Gasteiger partial charge in [-0.25, -0.2) is 4.39 Å². The molecule has 0 aromatic heterocycles. The van der Waals surface area contributed by atoms with E-state index in [-0.39, 0.29) is 5.82 Å². The Balaban J connectivity index is 1.43. The van der Waals surface area contributed by atoms with Crippen molar-refractivity contribution < 1.29 is 4.39 Å². The van der Waals surface area contributed by atoms with E-state index in [4.69, 9.17) is 0 Å². The summed E-state index contributed by atoms with van der Waals surface area (Å²) in [7, 11) is 0. The average Bonchev–Trinajstić information content (AvgIpc) is 2.90. The number of unbranched alkanes of at least 4 members (excludes halogenated alkanes) is 1. The highest BCUT2D eigenvalue weighted by atomic mass is 19.1. The molecule has 0 fully saturated rings. The SMILES string of the molecule is C=CCCc1ccc(CCc2ccc3cc(C#Cc4ccc(CCCC)cc4)ccc3c2F)cc1. The molecule has 0 aliphatic carbocycles. The maximum absolute atomic E-state index is 15.2. The van der Waals surface area contributed by atoms with Gasteiger partial charge in [-0.05, 0) is 90.4 Å². The van der Waals surface area contributed by atoms with E-state index in [0.717, 1.165) is 47.8 Å². The largest absolute Gasteiger partial charge is 0.206 e. The summed E-state index contributed by atoms with van der Waals surface area (Å²) in [6.07, 6.45) is 8.99. The number of aryl methyl sites for hydroxylation is 4. The molecule has 4 rings (SSSR count). The number of benzene rings is 4. The van der Waals surface area contributed by atoms with Gasteiger partial charge in [0.25, 0.3) is 0 Å². The molecule has 0 unspecified atom stereocenters. The number of halogens is 1. The molecule has 1 heteroatoms. The Bertz CT molecular complexity index is 1330. The normalized spacial score (nSPS) is 10.7. The van der Waals surface area contributed by atoms with Crippen molar-refractivity contribution in [3.05, 3.63) is 131 Å². The molecular formula is C34H33F. The van der Waals surface area contributed by atoms with Crippen LogP contribution in [-0.2, 0) is 25.7 Å². The van der Waals surface area contributed by atoms with Crippen LogP contribution in [0, 0.1) is 17.7 Å². The fourth-order valence-electron chi connectivity index (χ4n) is 4.31. The van der Waals surface area contributed by atoms with Gasteiger partial charge in [0.05, 0.1) is 0 Å². The quantitative estimate of drug-likeness (QED) is 0.173. The van der Waals surface area contributed by atoms with Crippen LogP contribution in [0.5, 0.6) is 0 Å². The topological polar surface area (TPSA) is 0 Å². The second-order valence-corrected chi connectivity index (χ2v) is 9.17. The van der Waals surface area contributed by atoms with Crippen molar-refractivity contribution in [3.8, 4) is 11.8 Å². The Kier molecular flexibility index (Phi) is 8.53. The Morgan fingerprint density at radius 2 is 1.34 bits per heavy atom. The van der Waals surface area contributed by atoms with E-state index in [1.807, 2.05) is 36.4 Å². The minimum absolute atomic E-state index is 0.118. The molecule has 0 saturated heterocycles. The summed E-state index contributed by atoms with van der Waals surface area (Å²) in [5, 5.41) is 1.55. The van der Waals surface area contributed by atoms with Gasteiger partial charge >= 0.3 is 0 Å². The molecule has 0 atom stereocenters. The zero-order valence-electron chi connectivity index (χ0n) is 20.6. The Labute approximate surface area is 209 Å². The van der Waals surface area contributed by atoms with E-state index in [9.17, 15) is 0 Å². The minimum atomic E-state index is -0.118. The van der Waals surface area contributed by atoms with Crippen LogP contribution in [0.15, 0.2) is 91.5 Å². The number of hydrogen-bond donors (Lipinski definition) is 0. The van der Waals surface area contributed by atoms with Crippen molar-refractivity contribution in [3.63, 3.8) is 0 Å². The van der Waals surface area contributed by atoms with E-state index in [0.29, 0.717) is 11.8 Å². The Hall–Kier alpha value is -3.63. The van der Waals surface area contributed by atoms with E-state index in [2.05, 4.69) is 73.9 Å². The van der Waals surface area contributed by atoms with Crippen LogP contribution in [0.25, 0.3) is 10.8 Å².